The number of aryl methyl sites for hydroxylation is 1. The maximum atomic E-state index is 12.2. The molecule has 0 saturated carbocycles. The van der Waals surface area contributed by atoms with E-state index in [0.717, 1.165) is 4.68 Å². The van der Waals surface area contributed by atoms with E-state index in [-0.39, 0.29) is 5.88 Å². The molecule has 0 aliphatic heterocycles. The van der Waals surface area contributed by atoms with Crippen LogP contribution in [-0.2, 0) is 12.7 Å². The SMILES string of the molecule is CCn1n[c]c(C(F)(F)F)c1OC. The minimum atomic E-state index is -4.46. The Labute approximate surface area is 73.1 Å². The van der Waals surface area contributed by atoms with E-state index < -0.39 is 11.7 Å². The Morgan fingerprint density at radius 1 is 1.54 bits per heavy atom. The van der Waals surface area contributed by atoms with Crippen LogP contribution in [0.25, 0.3) is 0 Å². The van der Waals surface area contributed by atoms with Crippen molar-refractivity contribution in [1.29, 1.82) is 0 Å². The van der Waals surface area contributed by atoms with E-state index in [4.69, 9.17) is 0 Å². The van der Waals surface area contributed by atoms with E-state index >= 15 is 0 Å². The molecule has 0 fully saturated rings. The van der Waals surface area contributed by atoms with Gasteiger partial charge in [0.15, 0.2) is 0 Å². The number of rotatable bonds is 2. The molecular weight excluding hydrogens is 185 g/mol. The lowest BCUT2D eigenvalue weighted by atomic mass is 10.3. The van der Waals surface area contributed by atoms with Crippen LogP contribution in [0.5, 0.6) is 5.88 Å². The van der Waals surface area contributed by atoms with Gasteiger partial charge in [-0.25, -0.2) is 4.68 Å². The fraction of sp³-hybridized carbons (Fsp3) is 0.571. The zero-order valence-corrected chi connectivity index (χ0v) is 7.14. The van der Waals surface area contributed by atoms with Gasteiger partial charge in [-0.3, -0.25) is 0 Å². The van der Waals surface area contributed by atoms with Gasteiger partial charge in [-0.05, 0) is 6.92 Å². The summed E-state index contributed by atoms with van der Waals surface area (Å²) in [5.74, 6) is -0.296. The van der Waals surface area contributed by atoms with Gasteiger partial charge in [-0.1, -0.05) is 0 Å². The topological polar surface area (TPSA) is 27.1 Å². The van der Waals surface area contributed by atoms with Gasteiger partial charge in [0.05, 0.1) is 7.11 Å². The summed E-state index contributed by atoms with van der Waals surface area (Å²) < 4.78 is 42.3. The second-order valence-corrected chi connectivity index (χ2v) is 2.31. The van der Waals surface area contributed by atoms with E-state index in [2.05, 4.69) is 9.84 Å². The number of aromatic nitrogens is 2. The molecule has 0 saturated heterocycles. The molecular formula is C7H8F3N2O. The van der Waals surface area contributed by atoms with Crippen molar-refractivity contribution in [2.75, 3.05) is 7.11 Å². The van der Waals surface area contributed by atoms with E-state index in [1.54, 1.807) is 6.92 Å². The van der Waals surface area contributed by atoms with Crippen LogP contribution in [0.3, 0.4) is 0 Å². The lowest BCUT2D eigenvalue weighted by Crippen LogP contribution is -2.07. The third kappa shape index (κ3) is 1.76. The Kier molecular flexibility index (Phi) is 2.49. The van der Waals surface area contributed by atoms with Crippen LogP contribution in [0.2, 0.25) is 0 Å². The molecule has 0 aliphatic rings. The van der Waals surface area contributed by atoms with Crippen LogP contribution in [0.15, 0.2) is 0 Å². The number of nitrogens with zero attached hydrogens (tertiary/aromatic N) is 2. The quantitative estimate of drug-likeness (QED) is 0.715. The lowest BCUT2D eigenvalue weighted by molar-refractivity contribution is -0.139. The van der Waals surface area contributed by atoms with Gasteiger partial charge in [0.1, 0.15) is 11.8 Å². The molecule has 1 aromatic rings. The van der Waals surface area contributed by atoms with Crippen molar-refractivity contribution in [1.82, 2.24) is 9.78 Å². The zero-order chi connectivity index (χ0) is 10.1. The van der Waals surface area contributed by atoms with Crippen LogP contribution in [0.4, 0.5) is 13.2 Å². The molecule has 1 rings (SSSR count). The highest BCUT2D eigenvalue weighted by atomic mass is 19.4. The first-order valence-corrected chi connectivity index (χ1v) is 3.60. The molecule has 0 N–H and O–H groups in total. The van der Waals surface area contributed by atoms with E-state index in [9.17, 15) is 13.2 Å². The summed E-state index contributed by atoms with van der Waals surface area (Å²) in [5, 5.41) is 3.42. The van der Waals surface area contributed by atoms with E-state index in [0.29, 0.717) is 6.54 Å². The summed E-state index contributed by atoms with van der Waals surface area (Å²) in [6.45, 7) is 1.99. The zero-order valence-electron chi connectivity index (χ0n) is 7.14. The van der Waals surface area contributed by atoms with E-state index in [1.807, 2.05) is 6.20 Å². The molecule has 0 spiro atoms. The van der Waals surface area contributed by atoms with Gasteiger partial charge < -0.3 is 4.74 Å². The molecule has 0 unspecified atom stereocenters. The summed E-state index contributed by atoms with van der Waals surface area (Å²) in [7, 11) is 1.17. The van der Waals surface area contributed by atoms with Crippen molar-refractivity contribution < 1.29 is 17.9 Å². The molecule has 0 aliphatic carbocycles. The van der Waals surface area contributed by atoms with Crippen molar-refractivity contribution in [3.05, 3.63) is 11.8 Å². The third-order valence-electron chi connectivity index (χ3n) is 1.51. The molecule has 0 aromatic carbocycles. The summed E-state index contributed by atoms with van der Waals surface area (Å²) >= 11 is 0. The van der Waals surface area contributed by atoms with Crippen LogP contribution in [0, 0.1) is 6.20 Å². The standard InChI is InChI=1S/C7H8F3N2O/c1-3-12-6(13-2)5(4-11-12)7(8,9)10/h3H2,1-2H3. The number of hydrogen-bond donors (Lipinski definition) is 0. The normalized spacial score (nSPS) is 11.8. The predicted molar refractivity (Wildman–Crippen MR) is 38.3 cm³/mol. The maximum Gasteiger partial charge on any atom is 0.423 e. The average molecular weight is 193 g/mol. The molecule has 1 heterocycles. The molecule has 1 aromatic heterocycles. The van der Waals surface area contributed by atoms with Gasteiger partial charge in [0, 0.05) is 6.54 Å². The minimum absolute atomic E-state index is 0.296. The fourth-order valence-corrected chi connectivity index (χ4v) is 0.939. The highest BCUT2D eigenvalue weighted by molar-refractivity contribution is 5.26. The molecule has 1 radical (unpaired) electrons. The molecule has 73 valence electrons. The van der Waals surface area contributed by atoms with Crippen molar-refractivity contribution in [3.63, 3.8) is 0 Å². The minimum Gasteiger partial charge on any atom is -0.481 e. The number of halogens is 3. The number of methoxy groups -OCH3 is 1. The Morgan fingerprint density at radius 3 is 2.54 bits per heavy atom. The largest absolute Gasteiger partial charge is 0.481 e. The molecule has 0 amide bonds. The van der Waals surface area contributed by atoms with E-state index in [1.165, 1.54) is 7.11 Å². The molecule has 13 heavy (non-hydrogen) atoms. The van der Waals surface area contributed by atoms with Crippen molar-refractivity contribution >= 4 is 0 Å². The van der Waals surface area contributed by atoms with Crippen molar-refractivity contribution in [2.45, 2.75) is 19.6 Å². The van der Waals surface area contributed by atoms with Gasteiger partial charge in [0.2, 0.25) is 5.88 Å². The number of hydrogen-bond acceptors (Lipinski definition) is 2. The molecule has 0 bridgehead atoms. The molecule has 0 atom stereocenters. The summed E-state index contributed by atoms with van der Waals surface area (Å²) in [6.07, 6.45) is -2.58. The van der Waals surface area contributed by atoms with Crippen LogP contribution >= 0.6 is 0 Å². The first-order valence-electron chi connectivity index (χ1n) is 3.60. The predicted octanol–water partition coefficient (Wildman–Crippen LogP) is 1.73. The second kappa shape index (κ2) is 3.27. The molecule has 6 heteroatoms. The van der Waals surface area contributed by atoms with Crippen LogP contribution in [-0.4, -0.2) is 16.9 Å². The average Bonchev–Trinajstić information content (AvgIpc) is 2.45. The van der Waals surface area contributed by atoms with Gasteiger partial charge >= 0.3 is 6.18 Å². The number of alkyl halides is 3. The Morgan fingerprint density at radius 2 is 2.15 bits per heavy atom. The molecule has 3 nitrogen and oxygen atoms in total. The highest BCUT2D eigenvalue weighted by Gasteiger charge is 2.37. The fourth-order valence-electron chi connectivity index (χ4n) is 0.939. The Bertz CT molecular complexity index is 292. The van der Waals surface area contributed by atoms with Crippen LogP contribution < -0.4 is 4.74 Å². The Hall–Kier alpha value is -1.20. The van der Waals surface area contributed by atoms with Gasteiger partial charge in [-0.15, -0.1) is 0 Å². The smallest absolute Gasteiger partial charge is 0.423 e. The lowest BCUT2D eigenvalue weighted by Gasteiger charge is -2.07. The maximum absolute atomic E-state index is 12.2. The summed E-state index contributed by atoms with van der Waals surface area (Å²) in [6, 6.07) is 0. The van der Waals surface area contributed by atoms with Gasteiger partial charge in [-0.2, -0.15) is 18.3 Å². The Balaban J connectivity index is 3.16. The number of ether oxygens (including phenoxy) is 1. The third-order valence-corrected chi connectivity index (χ3v) is 1.51. The first kappa shape index (κ1) is 9.88. The summed E-state index contributed by atoms with van der Waals surface area (Å²) in [4.78, 5) is 0. The van der Waals surface area contributed by atoms with Gasteiger partial charge in [0.25, 0.3) is 0 Å². The van der Waals surface area contributed by atoms with Crippen LogP contribution in [0.1, 0.15) is 12.5 Å². The summed E-state index contributed by atoms with van der Waals surface area (Å²) in [5.41, 5.74) is -0.961. The second-order valence-electron chi connectivity index (χ2n) is 2.31. The first-order chi connectivity index (χ1) is 6.00. The van der Waals surface area contributed by atoms with Crippen molar-refractivity contribution in [3.8, 4) is 5.88 Å². The monoisotopic (exact) mass is 193 g/mol. The highest BCUT2D eigenvalue weighted by Crippen LogP contribution is 2.35. The van der Waals surface area contributed by atoms with Crippen molar-refractivity contribution in [2.24, 2.45) is 0 Å².